The monoisotopic (exact) mass is 425 g/mol. The third-order valence-electron chi connectivity index (χ3n) is 5.06. The summed E-state index contributed by atoms with van der Waals surface area (Å²) in [5, 5.41) is 4.03. The average Bonchev–Trinajstić information content (AvgIpc) is 3.36. The van der Waals surface area contributed by atoms with Gasteiger partial charge in [-0.25, -0.2) is 0 Å². The Hall–Kier alpha value is -2.83. The van der Waals surface area contributed by atoms with Crippen LogP contribution in [0.2, 0.25) is 5.02 Å². The molecule has 29 heavy (non-hydrogen) atoms. The smallest absolute Gasteiger partial charge is 0.276 e. The summed E-state index contributed by atoms with van der Waals surface area (Å²) in [4.78, 5) is 14.5. The summed E-state index contributed by atoms with van der Waals surface area (Å²) >= 11 is 11.6. The highest BCUT2D eigenvalue weighted by atomic mass is 35.5. The van der Waals surface area contributed by atoms with Crippen LogP contribution in [0.1, 0.15) is 28.3 Å². The summed E-state index contributed by atoms with van der Waals surface area (Å²) in [6.45, 7) is 5.04. The Bertz CT molecular complexity index is 1120. The maximum Gasteiger partial charge on any atom is 0.276 e. The van der Waals surface area contributed by atoms with Crippen molar-refractivity contribution in [3.05, 3.63) is 87.7 Å². The van der Waals surface area contributed by atoms with Gasteiger partial charge >= 0.3 is 0 Å². The first-order valence-corrected chi connectivity index (χ1v) is 9.99. The van der Waals surface area contributed by atoms with E-state index in [0.717, 1.165) is 28.3 Å². The number of hydrogen-bond donors (Lipinski definition) is 1. The van der Waals surface area contributed by atoms with E-state index in [0.29, 0.717) is 28.9 Å². The minimum atomic E-state index is -0.161. The van der Waals surface area contributed by atoms with E-state index in [1.54, 1.807) is 12.3 Å². The maximum atomic E-state index is 12.9. The summed E-state index contributed by atoms with van der Waals surface area (Å²) in [5.41, 5.74) is 4.42. The number of nitrogens with one attached hydrogen (secondary N) is 1. The van der Waals surface area contributed by atoms with Gasteiger partial charge in [-0.1, -0.05) is 29.8 Å². The molecule has 7 heteroatoms. The molecule has 5 nitrogen and oxygen atoms in total. The number of carbonyl (C=O) groups is 1. The largest absolute Gasteiger partial charge is 0.467 e. The Morgan fingerprint density at radius 3 is 2.69 bits per heavy atom. The van der Waals surface area contributed by atoms with Gasteiger partial charge in [0.2, 0.25) is 0 Å². The molecule has 1 saturated heterocycles. The molecule has 0 spiro atoms. The quantitative estimate of drug-likeness (QED) is 0.477. The second-order valence-electron chi connectivity index (χ2n) is 6.96. The number of amides is 1. The Balaban J connectivity index is 1.58. The number of carbonyl (C=O) groups excluding carboxylic acids is 1. The molecular weight excluding hydrogens is 406 g/mol. The van der Waals surface area contributed by atoms with Crippen molar-refractivity contribution in [2.45, 2.75) is 26.9 Å². The van der Waals surface area contributed by atoms with E-state index in [1.165, 1.54) is 4.90 Å². The van der Waals surface area contributed by atoms with Gasteiger partial charge < -0.3 is 14.3 Å². The van der Waals surface area contributed by atoms with Crippen LogP contribution in [0.5, 0.6) is 0 Å². The Morgan fingerprint density at radius 2 is 1.97 bits per heavy atom. The van der Waals surface area contributed by atoms with Crippen LogP contribution in [0.3, 0.4) is 0 Å². The molecule has 0 saturated carbocycles. The van der Waals surface area contributed by atoms with E-state index in [4.69, 9.17) is 28.2 Å². The summed E-state index contributed by atoms with van der Waals surface area (Å²) in [6.07, 6.45) is 3.52. The number of furan rings is 1. The second kappa shape index (κ2) is 7.89. The molecule has 2 aromatic heterocycles. The van der Waals surface area contributed by atoms with Crippen LogP contribution in [-0.4, -0.2) is 20.5 Å². The lowest BCUT2D eigenvalue weighted by Gasteiger charge is -2.14. The first-order chi connectivity index (χ1) is 13.9. The standard InChI is InChI=1S/C22H20ClN3O2S/c1-14-10-17(15(2)25(14)13-18-7-5-9-28-18)11-20-21(27)26(22(29)24-20)12-16-6-3-4-8-19(16)23/h3-11H,12-13H2,1-2H3,(H,24,29)/b20-11+. The number of hydrogen-bond acceptors (Lipinski definition) is 3. The van der Waals surface area contributed by atoms with E-state index in [2.05, 4.69) is 16.0 Å². The zero-order chi connectivity index (χ0) is 20.5. The maximum absolute atomic E-state index is 12.9. The van der Waals surface area contributed by atoms with Crippen molar-refractivity contribution in [3.63, 3.8) is 0 Å². The zero-order valence-corrected chi connectivity index (χ0v) is 17.7. The molecule has 0 aliphatic carbocycles. The highest BCUT2D eigenvalue weighted by molar-refractivity contribution is 7.80. The Kier molecular flexibility index (Phi) is 5.30. The zero-order valence-electron chi connectivity index (χ0n) is 16.1. The molecular formula is C22H20ClN3O2S. The van der Waals surface area contributed by atoms with Crippen molar-refractivity contribution in [3.8, 4) is 0 Å². The van der Waals surface area contributed by atoms with Crippen LogP contribution in [0.4, 0.5) is 0 Å². The molecule has 1 fully saturated rings. The highest BCUT2D eigenvalue weighted by Crippen LogP contribution is 2.24. The van der Waals surface area contributed by atoms with E-state index >= 15 is 0 Å². The molecule has 1 N–H and O–H groups in total. The average molecular weight is 426 g/mol. The molecule has 1 aliphatic rings. The minimum Gasteiger partial charge on any atom is -0.467 e. The fourth-order valence-corrected chi connectivity index (χ4v) is 3.90. The number of aromatic nitrogens is 1. The number of nitrogens with zero attached hydrogens (tertiary/aromatic N) is 2. The molecule has 1 aromatic carbocycles. The van der Waals surface area contributed by atoms with Crippen molar-refractivity contribution in [2.24, 2.45) is 0 Å². The Morgan fingerprint density at radius 1 is 1.17 bits per heavy atom. The third-order valence-corrected chi connectivity index (χ3v) is 5.75. The number of aryl methyl sites for hydroxylation is 1. The van der Waals surface area contributed by atoms with E-state index in [1.807, 2.05) is 50.3 Å². The second-order valence-corrected chi connectivity index (χ2v) is 7.76. The van der Waals surface area contributed by atoms with Crippen molar-refractivity contribution in [1.29, 1.82) is 0 Å². The van der Waals surface area contributed by atoms with E-state index in [9.17, 15) is 4.79 Å². The van der Waals surface area contributed by atoms with Crippen LogP contribution < -0.4 is 5.32 Å². The molecule has 0 atom stereocenters. The van der Waals surface area contributed by atoms with Gasteiger partial charge in [0.15, 0.2) is 5.11 Å². The molecule has 3 aromatic rings. The van der Waals surface area contributed by atoms with Gasteiger partial charge in [0.05, 0.1) is 19.4 Å². The fraction of sp³-hybridized carbons (Fsp3) is 0.182. The van der Waals surface area contributed by atoms with Crippen molar-refractivity contribution >= 4 is 40.9 Å². The van der Waals surface area contributed by atoms with Gasteiger partial charge in [0.1, 0.15) is 11.5 Å². The summed E-state index contributed by atoms with van der Waals surface area (Å²) in [7, 11) is 0. The highest BCUT2D eigenvalue weighted by Gasteiger charge is 2.31. The molecule has 1 aliphatic heterocycles. The summed E-state index contributed by atoms with van der Waals surface area (Å²) < 4.78 is 7.62. The molecule has 0 bridgehead atoms. The van der Waals surface area contributed by atoms with Crippen LogP contribution in [0.15, 0.2) is 58.8 Å². The van der Waals surface area contributed by atoms with Crippen molar-refractivity contribution in [2.75, 3.05) is 0 Å². The van der Waals surface area contributed by atoms with Crippen LogP contribution in [0, 0.1) is 13.8 Å². The minimum absolute atomic E-state index is 0.161. The van der Waals surface area contributed by atoms with E-state index in [-0.39, 0.29) is 5.91 Å². The molecule has 1 amide bonds. The lowest BCUT2D eigenvalue weighted by Crippen LogP contribution is -2.30. The van der Waals surface area contributed by atoms with E-state index < -0.39 is 0 Å². The van der Waals surface area contributed by atoms with Gasteiger partial charge in [-0.3, -0.25) is 9.69 Å². The van der Waals surface area contributed by atoms with Crippen LogP contribution >= 0.6 is 23.8 Å². The predicted octanol–water partition coefficient (Wildman–Crippen LogP) is 4.66. The molecule has 0 unspecified atom stereocenters. The van der Waals surface area contributed by atoms with Gasteiger partial charge in [0, 0.05) is 16.4 Å². The van der Waals surface area contributed by atoms with Crippen molar-refractivity contribution in [1.82, 2.24) is 14.8 Å². The van der Waals surface area contributed by atoms with Gasteiger partial charge in [-0.15, -0.1) is 0 Å². The Labute approximate surface area is 179 Å². The lowest BCUT2D eigenvalue weighted by atomic mass is 10.2. The van der Waals surface area contributed by atoms with Crippen LogP contribution in [0.25, 0.3) is 6.08 Å². The fourth-order valence-electron chi connectivity index (χ4n) is 3.44. The van der Waals surface area contributed by atoms with Gasteiger partial charge in [-0.2, -0.15) is 0 Å². The van der Waals surface area contributed by atoms with Gasteiger partial charge in [0.25, 0.3) is 5.91 Å². The number of benzene rings is 1. The predicted molar refractivity (Wildman–Crippen MR) is 117 cm³/mol. The lowest BCUT2D eigenvalue weighted by molar-refractivity contribution is -0.122. The first-order valence-electron chi connectivity index (χ1n) is 9.21. The number of rotatable bonds is 5. The molecule has 0 radical (unpaired) electrons. The number of thiocarbonyl (C=S) groups is 1. The first kappa shape index (κ1) is 19.5. The van der Waals surface area contributed by atoms with Gasteiger partial charge in [-0.05, 0) is 67.5 Å². The third kappa shape index (κ3) is 3.86. The topological polar surface area (TPSA) is 50.4 Å². The molecule has 4 rings (SSSR count). The normalized spacial score (nSPS) is 15.4. The molecule has 148 valence electrons. The van der Waals surface area contributed by atoms with Crippen LogP contribution in [-0.2, 0) is 17.9 Å². The summed E-state index contributed by atoms with van der Waals surface area (Å²) in [6, 6.07) is 13.3. The SMILES string of the molecule is Cc1cc(/C=C2/NC(=S)N(Cc3ccccc3Cl)C2=O)c(C)n1Cc1ccco1. The molecule has 3 heterocycles. The van der Waals surface area contributed by atoms with Crippen molar-refractivity contribution < 1.29 is 9.21 Å². The summed E-state index contributed by atoms with van der Waals surface area (Å²) in [5.74, 6) is 0.721. The number of halogens is 1.